The second-order valence-corrected chi connectivity index (χ2v) is 5.51. The van der Waals surface area contributed by atoms with E-state index in [0.29, 0.717) is 5.82 Å². The van der Waals surface area contributed by atoms with Gasteiger partial charge in [-0.25, -0.2) is 14.9 Å². The first kappa shape index (κ1) is 16.7. The quantitative estimate of drug-likeness (QED) is 0.684. The summed E-state index contributed by atoms with van der Waals surface area (Å²) in [6.45, 7) is 2.13. The van der Waals surface area contributed by atoms with E-state index < -0.39 is 6.09 Å². The molecule has 2 rings (SSSR count). The first-order chi connectivity index (χ1) is 11.0. The molecule has 0 radical (unpaired) electrons. The summed E-state index contributed by atoms with van der Waals surface area (Å²) >= 11 is 0. The lowest BCUT2D eigenvalue weighted by Gasteiger charge is -2.15. The van der Waals surface area contributed by atoms with Crippen LogP contribution in [-0.2, 0) is 6.42 Å². The van der Waals surface area contributed by atoms with E-state index in [-0.39, 0.29) is 0 Å². The normalized spacial score (nSPS) is 10.4. The Kier molecular flexibility index (Phi) is 5.46. The van der Waals surface area contributed by atoms with E-state index >= 15 is 0 Å². The van der Waals surface area contributed by atoms with Gasteiger partial charge >= 0.3 is 6.09 Å². The molecule has 0 fully saturated rings. The molecule has 0 aliphatic heterocycles. The molecule has 1 heterocycles. The van der Waals surface area contributed by atoms with Gasteiger partial charge in [0.15, 0.2) is 0 Å². The number of anilines is 2. The van der Waals surface area contributed by atoms with Crippen molar-refractivity contribution in [2.24, 2.45) is 0 Å². The highest BCUT2D eigenvalue weighted by atomic mass is 16.4. The molecule has 2 aromatic rings. The van der Waals surface area contributed by atoms with E-state index in [9.17, 15) is 4.79 Å². The second-order valence-electron chi connectivity index (χ2n) is 5.51. The Morgan fingerprint density at radius 2 is 2.13 bits per heavy atom. The number of carboxylic acid groups (broad SMARTS) is 1. The summed E-state index contributed by atoms with van der Waals surface area (Å²) in [7, 11) is 3.94. The molecule has 0 atom stereocenters. The third-order valence-electron chi connectivity index (χ3n) is 3.43. The predicted octanol–water partition coefficient (Wildman–Crippen LogP) is 2.88. The van der Waals surface area contributed by atoms with Gasteiger partial charge in [0.1, 0.15) is 5.82 Å². The van der Waals surface area contributed by atoms with E-state index in [1.807, 2.05) is 49.3 Å². The van der Waals surface area contributed by atoms with E-state index in [1.165, 1.54) is 0 Å². The average molecular weight is 317 g/mol. The van der Waals surface area contributed by atoms with Crippen molar-refractivity contribution in [1.82, 2.24) is 15.2 Å². The number of hydrogen-bond acceptors (Lipinski definition) is 4. The largest absolute Gasteiger partial charge is 0.464 e. The highest BCUT2D eigenvalue weighted by Crippen LogP contribution is 2.21. The highest BCUT2D eigenvalue weighted by molar-refractivity contribution is 5.67. The Morgan fingerprint density at radius 3 is 2.78 bits per heavy atom. The third kappa shape index (κ3) is 4.38. The molecule has 1 aromatic carbocycles. The van der Waals surface area contributed by atoms with E-state index in [2.05, 4.69) is 22.9 Å². The lowest BCUT2D eigenvalue weighted by molar-refractivity contribution is 0.197. The number of nitrogens with one attached hydrogen (secondary N) is 2. The van der Waals surface area contributed by atoms with Gasteiger partial charge in [0.25, 0.3) is 0 Å². The Balaban J connectivity index is 2.35. The maximum atomic E-state index is 10.7. The van der Waals surface area contributed by atoms with Gasteiger partial charge < -0.3 is 10.0 Å². The molecule has 23 heavy (non-hydrogen) atoms. The topological polar surface area (TPSA) is 82.4 Å². The van der Waals surface area contributed by atoms with Gasteiger partial charge in [0.05, 0.1) is 11.4 Å². The minimum absolute atomic E-state index is 0.592. The zero-order valence-corrected chi connectivity index (χ0v) is 13.7. The van der Waals surface area contributed by atoms with Crippen molar-refractivity contribution in [2.75, 3.05) is 24.4 Å². The van der Waals surface area contributed by atoms with Crippen LogP contribution in [0.3, 0.4) is 0 Å². The fourth-order valence-electron chi connectivity index (χ4n) is 2.22. The Bertz CT molecular complexity index is 666. The summed E-state index contributed by atoms with van der Waals surface area (Å²) in [4.78, 5) is 12.7. The maximum absolute atomic E-state index is 10.7. The number of amides is 1. The standard InChI is InChI=1S/C16H23N5O2/c1-4-5-7-12-10-15(17-18-16(22)23)21(19-12)14-9-6-8-13(11-14)20(2)3/h6,8-11,17-18H,4-5,7H2,1-3H3,(H,22,23). The smallest absolute Gasteiger partial charge is 0.423 e. The molecule has 1 aromatic heterocycles. The van der Waals surface area contributed by atoms with Crippen LogP contribution in [0.2, 0.25) is 0 Å². The molecule has 7 nitrogen and oxygen atoms in total. The molecule has 1 amide bonds. The van der Waals surface area contributed by atoms with Crippen molar-refractivity contribution in [3.05, 3.63) is 36.0 Å². The van der Waals surface area contributed by atoms with Crippen molar-refractivity contribution in [2.45, 2.75) is 26.2 Å². The molecule has 7 heteroatoms. The van der Waals surface area contributed by atoms with Crippen LogP contribution >= 0.6 is 0 Å². The molecular formula is C16H23N5O2. The maximum Gasteiger partial charge on any atom is 0.423 e. The van der Waals surface area contributed by atoms with Crippen LogP contribution in [0.4, 0.5) is 16.3 Å². The SMILES string of the molecule is CCCCc1cc(NNC(=O)O)n(-c2cccc(N(C)C)c2)n1. The number of hydrogen-bond donors (Lipinski definition) is 3. The van der Waals surface area contributed by atoms with Gasteiger partial charge in [-0.1, -0.05) is 19.4 Å². The van der Waals surface area contributed by atoms with Crippen LogP contribution in [0, 0.1) is 0 Å². The summed E-state index contributed by atoms with van der Waals surface area (Å²) in [5.41, 5.74) is 7.71. The number of hydrazine groups is 1. The highest BCUT2D eigenvalue weighted by Gasteiger charge is 2.11. The van der Waals surface area contributed by atoms with Crippen molar-refractivity contribution in [3.8, 4) is 5.69 Å². The minimum atomic E-state index is -1.14. The van der Waals surface area contributed by atoms with Crippen LogP contribution in [0.15, 0.2) is 30.3 Å². The van der Waals surface area contributed by atoms with Crippen molar-refractivity contribution in [3.63, 3.8) is 0 Å². The number of rotatable bonds is 7. The number of nitrogens with zero attached hydrogens (tertiary/aromatic N) is 3. The van der Waals surface area contributed by atoms with Gasteiger partial charge in [-0.15, -0.1) is 0 Å². The molecule has 3 N–H and O–H groups in total. The summed E-state index contributed by atoms with van der Waals surface area (Å²) < 4.78 is 1.72. The van der Waals surface area contributed by atoms with Crippen LogP contribution in [0.1, 0.15) is 25.5 Å². The summed E-state index contributed by atoms with van der Waals surface area (Å²) in [5.74, 6) is 0.592. The van der Waals surface area contributed by atoms with Crippen molar-refractivity contribution >= 4 is 17.6 Å². The molecule has 0 aliphatic carbocycles. The summed E-state index contributed by atoms with van der Waals surface area (Å²) in [6.07, 6.45) is 1.84. The van der Waals surface area contributed by atoms with Crippen LogP contribution in [-0.4, -0.2) is 35.1 Å². The fraction of sp³-hybridized carbons (Fsp3) is 0.375. The zero-order chi connectivity index (χ0) is 16.8. The van der Waals surface area contributed by atoms with Crippen LogP contribution in [0.25, 0.3) is 5.69 Å². The van der Waals surface area contributed by atoms with Gasteiger partial charge in [-0.3, -0.25) is 5.43 Å². The molecule has 0 saturated heterocycles. The molecular weight excluding hydrogens is 294 g/mol. The molecule has 0 unspecified atom stereocenters. The zero-order valence-electron chi connectivity index (χ0n) is 13.7. The van der Waals surface area contributed by atoms with Gasteiger partial charge in [0, 0.05) is 25.8 Å². The molecule has 124 valence electrons. The lowest BCUT2D eigenvalue weighted by atomic mass is 10.2. The predicted molar refractivity (Wildman–Crippen MR) is 91.3 cm³/mol. The Hall–Kier alpha value is -2.70. The first-order valence-corrected chi connectivity index (χ1v) is 7.63. The van der Waals surface area contributed by atoms with Crippen molar-refractivity contribution < 1.29 is 9.90 Å². The van der Waals surface area contributed by atoms with E-state index in [1.54, 1.807) is 4.68 Å². The molecule has 0 saturated carbocycles. The number of unbranched alkanes of at least 4 members (excludes halogenated alkanes) is 1. The number of benzene rings is 1. The van der Waals surface area contributed by atoms with Gasteiger partial charge in [-0.2, -0.15) is 5.10 Å². The van der Waals surface area contributed by atoms with E-state index in [0.717, 1.165) is 36.3 Å². The molecule has 0 spiro atoms. The fourth-order valence-corrected chi connectivity index (χ4v) is 2.22. The van der Waals surface area contributed by atoms with Crippen molar-refractivity contribution in [1.29, 1.82) is 0 Å². The first-order valence-electron chi connectivity index (χ1n) is 7.63. The van der Waals surface area contributed by atoms with Crippen LogP contribution < -0.4 is 15.8 Å². The summed E-state index contributed by atoms with van der Waals surface area (Å²) in [5, 5.41) is 13.4. The minimum Gasteiger partial charge on any atom is -0.464 e. The number of carbonyl (C=O) groups is 1. The Morgan fingerprint density at radius 1 is 1.35 bits per heavy atom. The number of aryl methyl sites for hydroxylation is 1. The van der Waals surface area contributed by atoms with Gasteiger partial charge in [-0.05, 0) is 31.0 Å². The monoisotopic (exact) mass is 317 g/mol. The third-order valence-corrected chi connectivity index (χ3v) is 3.43. The lowest BCUT2D eigenvalue weighted by Crippen LogP contribution is -2.28. The molecule has 0 aliphatic rings. The van der Waals surface area contributed by atoms with E-state index in [4.69, 9.17) is 5.11 Å². The number of aromatic nitrogens is 2. The Labute approximate surface area is 135 Å². The second kappa shape index (κ2) is 7.53. The van der Waals surface area contributed by atoms with Crippen LogP contribution in [0.5, 0.6) is 0 Å². The molecule has 0 bridgehead atoms. The van der Waals surface area contributed by atoms with Gasteiger partial charge in [0.2, 0.25) is 0 Å². The average Bonchev–Trinajstić information content (AvgIpc) is 2.94. The summed E-state index contributed by atoms with van der Waals surface area (Å²) in [6, 6.07) is 9.77.